The molecule has 0 unspecified atom stereocenters. The van der Waals surface area contributed by atoms with Crippen molar-refractivity contribution in [2.45, 2.75) is 57.8 Å². The molecular weight excluding hydrogens is 1170 g/mol. The molecule has 4 heterocycles. The largest absolute Gasteiger partial charge is 0.456 e. The minimum atomic E-state index is -0.316. The van der Waals surface area contributed by atoms with Gasteiger partial charge in [-0.1, -0.05) is 181 Å². The summed E-state index contributed by atoms with van der Waals surface area (Å²) < 4.78 is 15.5. The molecule has 5 nitrogen and oxygen atoms in total. The Hall–Kier alpha value is -11.7. The lowest BCUT2D eigenvalue weighted by atomic mass is 9.81. The first kappa shape index (κ1) is 53.8. The summed E-state index contributed by atoms with van der Waals surface area (Å²) in [5, 5.41) is 11.8. The van der Waals surface area contributed by atoms with Crippen molar-refractivity contribution in [3.8, 4) is 44.5 Å². The van der Waals surface area contributed by atoms with E-state index in [0.29, 0.717) is 0 Å². The van der Waals surface area contributed by atoms with Gasteiger partial charge in [0.25, 0.3) is 0 Å². The molecule has 0 N–H and O–H groups in total. The van der Waals surface area contributed by atoms with E-state index in [1.807, 2.05) is 0 Å². The summed E-state index contributed by atoms with van der Waals surface area (Å²) in [5.41, 5.74) is 31.3. The zero-order valence-electron chi connectivity index (χ0n) is 54.1. The number of benzene rings is 14. The summed E-state index contributed by atoms with van der Waals surface area (Å²) in [6.45, 7) is 14.3. The molecule has 0 bridgehead atoms. The van der Waals surface area contributed by atoms with Gasteiger partial charge in [0.1, 0.15) is 22.3 Å². The highest BCUT2D eigenvalue weighted by molar-refractivity contribution is 6.26. The highest BCUT2D eigenvalue weighted by Gasteiger charge is 2.40. The zero-order valence-corrected chi connectivity index (χ0v) is 54.1. The van der Waals surface area contributed by atoms with Gasteiger partial charge in [-0.2, -0.15) is 0 Å². The molecule has 0 radical (unpaired) electrons. The molecule has 96 heavy (non-hydrogen) atoms. The number of nitrogens with zero attached hydrogens (tertiary/aromatic N) is 3. The van der Waals surface area contributed by atoms with Crippen molar-refractivity contribution in [3.63, 3.8) is 0 Å². The van der Waals surface area contributed by atoms with Crippen LogP contribution in [0.2, 0.25) is 0 Å². The van der Waals surface area contributed by atoms with Crippen molar-refractivity contribution in [3.05, 3.63) is 306 Å². The fourth-order valence-corrected chi connectivity index (χ4v) is 17.8. The van der Waals surface area contributed by atoms with Crippen LogP contribution in [0, 0.1) is 0 Å². The summed E-state index contributed by atoms with van der Waals surface area (Å²) in [5.74, 6) is 0. The summed E-state index contributed by atoms with van der Waals surface area (Å²) in [6.07, 6.45) is 0. The first-order chi connectivity index (χ1) is 46.8. The summed E-state index contributed by atoms with van der Waals surface area (Å²) in [7, 11) is 0. The second-order valence-corrected chi connectivity index (χ2v) is 28.8. The SMILES string of the molecule is CC1(C)c2ccccc2-c2ccc(N(c3ccc4c(c3)C(C)(C)c3cc5cc6c7cc(-c8ccccc8)cc8c9ccc(N(c%10ccc%11c(c%10)C(C)(C)c%10ccccc%10-%11)c%10ccc%11oc%12ccccc%12c%11c%10)cc9n(c6cc5cc3-4)c87)c3ccc4oc5ccccc5c4c3)cc21. The third kappa shape index (κ3) is 7.24. The average Bonchev–Trinajstić information content (AvgIpc) is 1.53. The fraction of sp³-hybridized carbons (Fsp3) is 0.0989. The van der Waals surface area contributed by atoms with Crippen LogP contribution in [-0.2, 0) is 16.2 Å². The van der Waals surface area contributed by atoms with Gasteiger partial charge in [-0.05, 0) is 222 Å². The molecular formula is C91H63N3O2. The van der Waals surface area contributed by atoms with Crippen LogP contribution in [0.5, 0.6) is 0 Å². The molecule has 4 aromatic heterocycles. The van der Waals surface area contributed by atoms with Crippen molar-refractivity contribution in [2.24, 2.45) is 0 Å². The monoisotopic (exact) mass is 1230 g/mol. The van der Waals surface area contributed by atoms with Crippen LogP contribution in [0.4, 0.5) is 34.1 Å². The van der Waals surface area contributed by atoms with Crippen LogP contribution >= 0.6 is 0 Å². The normalized spacial score (nSPS) is 14.6. The van der Waals surface area contributed by atoms with Crippen molar-refractivity contribution < 1.29 is 8.83 Å². The van der Waals surface area contributed by atoms with Gasteiger partial charge >= 0.3 is 0 Å². The number of para-hydroxylation sites is 2. The Morgan fingerprint density at radius 2 is 0.656 bits per heavy atom. The lowest BCUT2D eigenvalue weighted by Gasteiger charge is -2.29. The smallest absolute Gasteiger partial charge is 0.135 e. The van der Waals surface area contributed by atoms with Gasteiger partial charge in [0.05, 0.1) is 16.6 Å². The lowest BCUT2D eigenvalue weighted by molar-refractivity contribution is 0.660. The number of rotatable bonds is 7. The number of hydrogen-bond acceptors (Lipinski definition) is 4. The van der Waals surface area contributed by atoms with Gasteiger partial charge in [-0.25, -0.2) is 0 Å². The van der Waals surface area contributed by atoms with E-state index in [0.717, 1.165) is 78.0 Å². The Balaban J connectivity index is 0.752. The summed E-state index contributed by atoms with van der Waals surface area (Å²) in [6, 6.07) is 102. The molecule has 0 saturated heterocycles. The fourth-order valence-electron chi connectivity index (χ4n) is 17.8. The molecule has 0 aliphatic heterocycles. The second-order valence-electron chi connectivity index (χ2n) is 28.8. The van der Waals surface area contributed by atoms with Crippen LogP contribution in [0.15, 0.2) is 282 Å². The van der Waals surface area contributed by atoms with E-state index in [4.69, 9.17) is 8.83 Å². The van der Waals surface area contributed by atoms with E-state index in [1.54, 1.807) is 0 Å². The van der Waals surface area contributed by atoms with Crippen molar-refractivity contribution in [2.75, 3.05) is 9.80 Å². The number of furan rings is 2. The van der Waals surface area contributed by atoms with Gasteiger partial charge in [0, 0.05) is 93.5 Å². The van der Waals surface area contributed by atoms with Crippen LogP contribution in [0.25, 0.3) is 137 Å². The number of aromatic nitrogens is 1. The van der Waals surface area contributed by atoms with Gasteiger partial charge in [0.2, 0.25) is 0 Å². The van der Waals surface area contributed by atoms with Crippen molar-refractivity contribution in [1.29, 1.82) is 0 Å². The second kappa shape index (κ2) is 18.8. The van der Waals surface area contributed by atoms with E-state index < -0.39 is 0 Å². The third-order valence-corrected chi connectivity index (χ3v) is 22.6. The molecule has 0 saturated carbocycles. The van der Waals surface area contributed by atoms with Gasteiger partial charge < -0.3 is 23.0 Å². The Morgan fingerprint density at radius 3 is 1.23 bits per heavy atom. The van der Waals surface area contributed by atoms with E-state index in [9.17, 15) is 0 Å². The van der Waals surface area contributed by atoms with Gasteiger partial charge in [0.15, 0.2) is 0 Å². The maximum Gasteiger partial charge on any atom is 0.135 e. The highest BCUT2D eigenvalue weighted by Crippen LogP contribution is 2.57. The Bertz CT molecular complexity index is 6450. The van der Waals surface area contributed by atoms with Gasteiger partial charge in [-0.3, -0.25) is 0 Å². The molecule has 14 aromatic carbocycles. The van der Waals surface area contributed by atoms with Crippen LogP contribution in [-0.4, -0.2) is 4.40 Å². The molecule has 3 aliphatic carbocycles. The Labute approximate surface area is 555 Å². The van der Waals surface area contributed by atoms with E-state index in [-0.39, 0.29) is 16.2 Å². The van der Waals surface area contributed by atoms with Crippen LogP contribution in [0.1, 0.15) is 74.9 Å². The molecule has 0 atom stereocenters. The number of anilines is 6. The lowest BCUT2D eigenvalue weighted by Crippen LogP contribution is -2.18. The maximum absolute atomic E-state index is 6.47. The minimum absolute atomic E-state index is 0.165. The molecule has 454 valence electrons. The van der Waals surface area contributed by atoms with Crippen LogP contribution in [0.3, 0.4) is 0 Å². The van der Waals surface area contributed by atoms with E-state index in [1.165, 1.54) is 127 Å². The molecule has 0 amide bonds. The molecule has 3 aliphatic rings. The molecule has 18 aromatic rings. The number of fused-ring (bicyclic) bond motifs is 22. The molecule has 21 rings (SSSR count). The third-order valence-electron chi connectivity index (χ3n) is 22.6. The predicted octanol–water partition coefficient (Wildman–Crippen LogP) is 25.3. The average molecular weight is 1230 g/mol. The standard InChI is InChI=1S/C91H63N3O2/c1-89(2)76-24-14-10-20-62(76)64-34-28-58(48-79(64)89)92(56-32-38-86-72(46-56)68-22-12-16-26-84(68)95-86)59-30-36-66-70-40-55-45-82-71(41-54(55)44-78(70)91(5,6)81(66)50-59)75-43-53(52-18-8-7-9-19-52)42-74-67-37-31-61(51-83(67)94(82)88(74)75)93(57-33-39-87-73(47-57)69-23-13-17-27-85(69)96-87)60-29-35-65-63-21-11-15-25-77(63)90(3,4)80(65)49-60/h7-51H,1-6H3. The first-order valence-corrected chi connectivity index (χ1v) is 33.7. The first-order valence-electron chi connectivity index (χ1n) is 33.7. The summed E-state index contributed by atoms with van der Waals surface area (Å²) in [4.78, 5) is 4.94. The zero-order chi connectivity index (χ0) is 63.8. The maximum atomic E-state index is 6.47. The van der Waals surface area contributed by atoms with E-state index >= 15 is 0 Å². The molecule has 0 fully saturated rings. The number of hydrogen-bond donors (Lipinski definition) is 0. The quantitative estimate of drug-likeness (QED) is 0.159. The van der Waals surface area contributed by atoms with E-state index in [2.05, 4.69) is 329 Å². The van der Waals surface area contributed by atoms with Gasteiger partial charge in [-0.15, -0.1) is 0 Å². The molecule has 0 spiro atoms. The Kier molecular flexibility index (Phi) is 10.5. The minimum Gasteiger partial charge on any atom is -0.456 e. The van der Waals surface area contributed by atoms with Crippen LogP contribution < -0.4 is 9.80 Å². The Morgan fingerprint density at radius 1 is 0.250 bits per heavy atom. The topological polar surface area (TPSA) is 37.2 Å². The molecule has 5 heteroatoms. The predicted molar refractivity (Wildman–Crippen MR) is 401 cm³/mol. The highest BCUT2D eigenvalue weighted by atomic mass is 16.3. The van der Waals surface area contributed by atoms with Crippen molar-refractivity contribution in [1.82, 2.24) is 4.40 Å². The van der Waals surface area contributed by atoms with Crippen molar-refractivity contribution >= 4 is 127 Å². The summed E-state index contributed by atoms with van der Waals surface area (Å²) >= 11 is 0.